The molecule has 0 bridgehead atoms. The highest BCUT2D eigenvalue weighted by molar-refractivity contribution is 7.12. The van der Waals surface area contributed by atoms with Crippen LogP contribution in [0.3, 0.4) is 0 Å². The van der Waals surface area contributed by atoms with Crippen LogP contribution in [0.1, 0.15) is 36.1 Å². The van der Waals surface area contributed by atoms with E-state index in [0.717, 1.165) is 6.54 Å². The summed E-state index contributed by atoms with van der Waals surface area (Å²) in [5.41, 5.74) is 1.15. The van der Waals surface area contributed by atoms with Crippen molar-refractivity contribution in [2.75, 3.05) is 13.2 Å². The first-order valence-electron chi connectivity index (χ1n) is 6.36. The average molecular weight is 271 g/mol. The number of hydrogen-bond donors (Lipinski definition) is 2. The molecule has 0 radical (unpaired) electrons. The van der Waals surface area contributed by atoms with E-state index in [2.05, 4.69) is 25.2 Å². The lowest BCUT2D eigenvalue weighted by Gasteiger charge is -2.22. The van der Waals surface area contributed by atoms with Gasteiger partial charge in [0.25, 0.3) is 0 Å². The summed E-state index contributed by atoms with van der Waals surface area (Å²) in [6.45, 7) is 12.0. The normalized spacial score (nSPS) is 13.9. The molecule has 0 aliphatic carbocycles. The SMILES string of the molecule is Cc1cc(CNCC(O)COC(C)(C)C)sc1C. The zero-order valence-electron chi connectivity index (χ0n) is 12.0. The molecule has 2 N–H and O–H groups in total. The van der Waals surface area contributed by atoms with E-state index in [1.807, 2.05) is 32.1 Å². The fourth-order valence-corrected chi connectivity index (χ4v) is 2.53. The fourth-order valence-electron chi connectivity index (χ4n) is 1.50. The maximum atomic E-state index is 9.77. The number of hydrogen-bond acceptors (Lipinski definition) is 4. The number of aliphatic hydroxyl groups excluding tert-OH is 1. The lowest BCUT2D eigenvalue weighted by Crippen LogP contribution is -2.33. The molecular formula is C14H25NO2S. The highest BCUT2D eigenvalue weighted by Crippen LogP contribution is 2.20. The van der Waals surface area contributed by atoms with Gasteiger partial charge in [-0.1, -0.05) is 0 Å². The molecule has 0 saturated carbocycles. The van der Waals surface area contributed by atoms with Gasteiger partial charge in [-0.25, -0.2) is 0 Å². The molecule has 104 valence electrons. The van der Waals surface area contributed by atoms with Gasteiger partial charge in [-0.2, -0.15) is 0 Å². The predicted octanol–water partition coefficient (Wildman–Crippen LogP) is 2.63. The minimum Gasteiger partial charge on any atom is -0.389 e. The Morgan fingerprint density at radius 3 is 2.56 bits per heavy atom. The van der Waals surface area contributed by atoms with Crippen LogP contribution in [0.4, 0.5) is 0 Å². The Kier molecular flexibility index (Phi) is 5.79. The van der Waals surface area contributed by atoms with E-state index in [0.29, 0.717) is 13.2 Å². The van der Waals surface area contributed by atoms with E-state index >= 15 is 0 Å². The highest BCUT2D eigenvalue weighted by atomic mass is 32.1. The lowest BCUT2D eigenvalue weighted by molar-refractivity contribution is -0.0479. The Hall–Kier alpha value is -0.420. The zero-order valence-corrected chi connectivity index (χ0v) is 12.9. The van der Waals surface area contributed by atoms with Gasteiger partial charge in [-0.3, -0.25) is 0 Å². The maximum Gasteiger partial charge on any atom is 0.0898 e. The van der Waals surface area contributed by atoms with Gasteiger partial charge in [0, 0.05) is 22.8 Å². The number of aliphatic hydroxyl groups is 1. The third-order valence-corrected chi connectivity index (χ3v) is 3.76. The lowest BCUT2D eigenvalue weighted by atomic mass is 10.2. The van der Waals surface area contributed by atoms with Crippen LogP contribution in [0.2, 0.25) is 0 Å². The molecular weight excluding hydrogens is 246 g/mol. The second kappa shape index (κ2) is 6.66. The molecule has 0 spiro atoms. The monoisotopic (exact) mass is 271 g/mol. The van der Waals surface area contributed by atoms with Gasteiger partial charge in [0.2, 0.25) is 0 Å². The molecule has 1 aromatic heterocycles. The molecule has 0 fully saturated rings. The molecule has 1 rings (SSSR count). The van der Waals surface area contributed by atoms with Gasteiger partial charge in [0.05, 0.1) is 18.3 Å². The third-order valence-electron chi connectivity index (χ3n) is 2.60. The molecule has 0 aliphatic heterocycles. The number of nitrogens with one attached hydrogen (secondary N) is 1. The molecule has 1 atom stereocenters. The van der Waals surface area contributed by atoms with E-state index < -0.39 is 6.10 Å². The Labute approximate surface area is 114 Å². The molecule has 4 heteroatoms. The molecule has 1 heterocycles. The zero-order chi connectivity index (χ0) is 13.8. The fraction of sp³-hybridized carbons (Fsp3) is 0.714. The number of thiophene rings is 1. The van der Waals surface area contributed by atoms with E-state index in [1.54, 1.807) is 0 Å². The van der Waals surface area contributed by atoms with E-state index in [-0.39, 0.29) is 5.60 Å². The van der Waals surface area contributed by atoms with Crippen LogP contribution >= 0.6 is 11.3 Å². The van der Waals surface area contributed by atoms with Crippen LogP contribution in [-0.2, 0) is 11.3 Å². The van der Waals surface area contributed by atoms with E-state index in [9.17, 15) is 5.11 Å². The predicted molar refractivity (Wildman–Crippen MR) is 77.2 cm³/mol. The first kappa shape index (κ1) is 15.6. The second-order valence-electron chi connectivity index (χ2n) is 5.66. The van der Waals surface area contributed by atoms with E-state index in [1.165, 1.54) is 15.3 Å². The van der Waals surface area contributed by atoms with Gasteiger partial charge in [-0.05, 0) is 46.2 Å². The Bertz CT molecular complexity index is 349. The van der Waals surface area contributed by atoms with Crippen LogP contribution in [0, 0.1) is 13.8 Å². The van der Waals surface area contributed by atoms with Crippen molar-refractivity contribution in [3.8, 4) is 0 Å². The van der Waals surface area contributed by atoms with Crippen LogP contribution < -0.4 is 5.32 Å². The molecule has 0 aromatic carbocycles. The average Bonchev–Trinajstić information content (AvgIpc) is 2.54. The van der Waals surface area contributed by atoms with Crippen molar-refractivity contribution < 1.29 is 9.84 Å². The van der Waals surface area contributed by atoms with Crippen LogP contribution in [-0.4, -0.2) is 30.0 Å². The molecule has 0 amide bonds. The molecule has 0 aliphatic rings. The minimum absolute atomic E-state index is 0.192. The van der Waals surface area contributed by atoms with Gasteiger partial charge < -0.3 is 15.2 Å². The molecule has 0 saturated heterocycles. The highest BCUT2D eigenvalue weighted by Gasteiger charge is 2.13. The van der Waals surface area contributed by atoms with Crippen molar-refractivity contribution in [2.24, 2.45) is 0 Å². The van der Waals surface area contributed by atoms with Crippen LogP contribution in [0.25, 0.3) is 0 Å². The smallest absolute Gasteiger partial charge is 0.0898 e. The summed E-state index contributed by atoms with van der Waals surface area (Å²) in [5, 5.41) is 13.0. The van der Waals surface area contributed by atoms with E-state index in [4.69, 9.17) is 4.74 Å². The summed E-state index contributed by atoms with van der Waals surface area (Å²) in [5.74, 6) is 0. The van der Waals surface area contributed by atoms with Crippen molar-refractivity contribution >= 4 is 11.3 Å². The second-order valence-corrected chi connectivity index (χ2v) is 7.00. The Morgan fingerprint density at radius 1 is 1.39 bits per heavy atom. The molecule has 3 nitrogen and oxygen atoms in total. The topological polar surface area (TPSA) is 41.5 Å². The summed E-state index contributed by atoms with van der Waals surface area (Å²) >= 11 is 1.81. The van der Waals surface area contributed by atoms with Gasteiger partial charge in [0.15, 0.2) is 0 Å². The maximum absolute atomic E-state index is 9.77. The van der Waals surface area contributed by atoms with Crippen LogP contribution in [0.5, 0.6) is 0 Å². The van der Waals surface area contributed by atoms with Crippen molar-refractivity contribution in [3.63, 3.8) is 0 Å². The van der Waals surface area contributed by atoms with Gasteiger partial charge in [0.1, 0.15) is 0 Å². The minimum atomic E-state index is -0.452. The van der Waals surface area contributed by atoms with Crippen molar-refractivity contribution in [1.82, 2.24) is 5.32 Å². The van der Waals surface area contributed by atoms with Crippen molar-refractivity contribution in [2.45, 2.75) is 52.9 Å². The first-order valence-corrected chi connectivity index (χ1v) is 7.18. The standard InChI is InChI=1S/C14H25NO2S/c1-10-6-13(18-11(10)2)8-15-7-12(16)9-17-14(3,4)5/h6,12,15-16H,7-9H2,1-5H3. The number of rotatable bonds is 6. The number of ether oxygens (including phenoxy) is 1. The summed E-state index contributed by atoms with van der Waals surface area (Å²) in [7, 11) is 0. The van der Waals surface area contributed by atoms with Crippen molar-refractivity contribution in [3.05, 3.63) is 21.4 Å². The van der Waals surface area contributed by atoms with Gasteiger partial charge >= 0.3 is 0 Å². The number of aryl methyl sites for hydroxylation is 2. The largest absolute Gasteiger partial charge is 0.389 e. The molecule has 1 aromatic rings. The summed E-state index contributed by atoms with van der Waals surface area (Å²) in [6, 6.07) is 2.20. The summed E-state index contributed by atoms with van der Waals surface area (Å²) in [6.07, 6.45) is -0.452. The quantitative estimate of drug-likeness (QED) is 0.836. The summed E-state index contributed by atoms with van der Waals surface area (Å²) in [4.78, 5) is 2.68. The Morgan fingerprint density at radius 2 is 2.06 bits per heavy atom. The van der Waals surface area contributed by atoms with Gasteiger partial charge in [-0.15, -0.1) is 11.3 Å². The Balaban J connectivity index is 2.21. The molecule has 18 heavy (non-hydrogen) atoms. The van der Waals surface area contributed by atoms with Crippen molar-refractivity contribution in [1.29, 1.82) is 0 Å². The summed E-state index contributed by atoms with van der Waals surface area (Å²) < 4.78 is 5.53. The third kappa shape index (κ3) is 5.96. The first-order chi connectivity index (χ1) is 8.28. The molecule has 1 unspecified atom stereocenters. The van der Waals surface area contributed by atoms with Crippen LogP contribution in [0.15, 0.2) is 6.07 Å².